The Bertz CT molecular complexity index is 650. The van der Waals surface area contributed by atoms with Crippen LogP contribution in [-0.4, -0.2) is 22.4 Å². The lowest BCUT2D eigenvalue weighted by molar-refractivity contribution is 0.0870. The minimum absolute atomic E-state index is 0.212. The van der Waals surface area contributed by atoms with Gasteiger partial charge in [0.15, 0.2) is 0 Å². The van der Waals surface area contributed by atoms with Gasteiger partial charge in [-0.3, -0.25) is 0 Å². The van der Waals surface area contributed by atoms with Crippen LogP contribution in [0.4, 0.5) is 0 Å². The number of aliphatic hydroxyl groups excluding tert-OH is 2. The van der Waals surface area contributed by atoms with E-state index in [-0.39, 0.29) is 12.2 Å². The first-order valence-electron chi connectivity index (χ1n) is 11.0. The summed E-state index contributed by atoms with van der Waals surface area (Å²) < 4.78 is 0. The monoisotopic (exact) mass is 369 g/mol. The molecule has 3 rings (SSSR count). The summed E-state index contributed by atoms with van der Waals surface area (Å²) in [7, 11) is 0. The fourth-order valence-electron chi connectivity index (χ4n) is 5.50. The van der Waals surface area contributed by atoms with Crippen LogP contribution in [0.25, 0.3) is 0 Å². The van der Waals surface area contributed by atoms with Gasteiger partial charge in [-0.25, -0.2) is 0 Å². The van der Waals surface area contributed by atoms with Crippen LogP contribution >= 0.6 is 0 Å². The first-order chi connectivity index (χ1) is 13.1. The third-order valence-corrected chi connectivity index (χ3v) is 6.97. The molecule has 2 N–H and O–H groups in total. The van der Waals surface area contributed by atoms with Crippen LogP contribution in [0, 0.1) is 29.1 Å². The van der Waals surface area contributed by atoms with Crippen LogP contribution in [0.1, 0.15) is 75.0 Å². The predicted octanol–water partition coefficient (Wildman–Crippen LogP) is 4.58. The third kappa shape index (κ3) is 4.92. The van der Waals surface area contributed by atoms with Gasteiger partial charge in [-0.15, -0.1) is 0 Å². The van der Waals surface area contributed by atoms with Gasteiger partial charge in [0.25, 0.3) is 0 Å². The van der Waals surface area contributed by atoms with Crippen molar-refractivity contribution in [3.8, 4) is 6.07 Å². The molecule has 3 nitrogen and oxygen atoms in total. The first-order valence-corrected chi connectivity index (χ1v) is 11.0. The normalized spacial score (nSPS) is 27.6. The second-order valence-electron chi connectivity index (χ2n) is 8.74. The fraction of sp³-hybridized carbons (Fsp3) is 0.708. The van der Waals surface area contributed by atoms with E-state index in [4.69, 9.17) is 5.26 Å². The number of hydrogen-bond acceptors (Lipinski definition) is 3. The van der Waals surface area contributed by atoms with Gasteiger partial charge in [-0.2, -0.15) is 5.26 Å². The van der Waals surface area contributed by atoms with Crippen LogP contribution in [0.2, 0.25) is 0 Å². The maximum absolute atomic E-state index is 10.7. The lowest BCUT2D eigenvalue weighted by Gasteiger charge is -2.33. The van der Waals surface area contributed by atoms with E-state index >= 15 is 0 Å². The molecule has 148 valence electrons. The molecule has 1 fully saturated rings. The maximum Gasteiger partial charge on any atom is 0.0625 e. The molecule has 0 aliphatic heterocycles. The molecule has 0 bridgehead atoms. The number of rotatable bonds is 9. The van der Waals surface area contributed by atoms with Gasteiger partial charge >= 0.3 is 0 Å². The summed E-state index contributed by atoms with van der Waals surface area (Å²) in [5.41, 5.74) is 4.20. The average Bonchev–Trinajstić information content (AvgIpc) is 2.97. The summed E-state index contributed by atoms with van der Waals surface area (Å²) in [5.74, 6) is 1.42. The number of aryl methyl sites for hydroxylation is 1. The summed E-state index contributed by atoms with van der Waals surface area (Å²) in [5, 5.41) is 29.9. The number of aliphatic hydroxyl groups is 2. The summed E-state index contributed by atoms with van der Waals surface area (Å²) >= 11 is 0. The van der Waals surface area contributed by atoms with Crippen molar-refractivity contribution in [2.75, 3.05) is 0 Å². The standard InChI is InChI=1S/C24H35NO2/c1-2-3-4-10-20(26)11-12-21-23-14-18-8-5-7-17(9-6-13-25)22(18)15-19(23)16-24(21)27/h5,7-8,19-21,23-24,26-27H,2-4,6,9-12,14-16H2,1H3/t19-,20-,21+,23-,24+/m0/s1. The van der Waals surface area contributed by atoms with E-state index in [9.17, 15) is 10.2 Å². The predicted molar refractivity (Wildman–Crippen MR) is 108 cm³/mol. The second-order valence-corrected chi connectivity index (χ2v) is 8.74. The number of fused-ring (bicyclic) bond motifs is 2. The minimum atomic E-state index is -0.222. The van der Waals surface area contributed by atoms with Gasteiger partial charge in [0.2, 0.25) is 0 Å². The molecule has 3 heteroatoms. The van der Waals surface area contributed by atoms with Crippen molar-refractivity contribution in [1.29, 1.82) is 5.26 Å². The molecule has 1 aromatic rings. The van der Waals surface area contributed by atoms with E-state index < -0.39 is 0 Å². The zero-order valence-corrected chi connectivity index (χ0v) is 16.7. The summed E-state index contributed by atoms with van der Waals surface area (Å²) in [6.45, 7) is 2.19. The van der Waals surface area contributed by atoms with E-state index in [0.717, 1.165) is 51.4 Å². The van der Waals surface area contributed by atoms with Crippen LogP contribution in [0.15, 0.2) is 18.2 Å². The van der Waals surface area contributed by atoms with Crippen molar-refractivity contribution in [3.63, 3.8) is 0 Å². The highest BCUT2D eigenvalue weighted by atomic mass is 16.3. The number of nitriles is 1. The van der Waals surface area contributed by atoms with Crippen molar-refractivity contribution in [2.24, 2.45) is 17.8 Å². The van der Waals surface area contributed by atoms with E-state index in [1.807, 2.05) is 0 Å². The molecule has 0 aromatic heterocycles. The molecule has 2 aliphatic rings. The Hall–Kier alpha value is -1.37. The molecule has 0 heterocycles. The lowest BCUT2D eigenvalue weighted by Crippen LogP contribution is -2.28. The minimum Gasteiger partial charge on any atom is -0.393 e. The lowest BCUT2D eigenvalue weighted by atomic mass is 9.72. The maximum atomic E-state index is 10.7. The van der Waals surface area contributed by atoms with Crippen molar-refractivity contribution in [1.82, 2.24) is 0 Å². The summed E-state index contributed by atoms with van der Waals surface area (Å²) in [4.78, 5) is 0. The van der Waals surface area contributed by atoms with Crippen LogP contribution in [0.5, 0.6) is 0 Å². The topological polar surface area (TPSA) is 64.2 Å². The third-order valence-electron chi connectivity index (χ3n) is 6.97. The van der Waals surface area contributed by atoms with E-state index in [0.29, 0.717) is 24.2 Å². The SMILES string of the molecule is CCCCC[C@H](O)CC[C@@H]1[C@H]2Cc3cccc(CCC#N)c3C[C@H]2C[C@H]1O. The molecule has 27 heavy (non-hydrogen) atoms. The Labute approximate surface area is 164 Å². The number of nitrogens with zero attached hydrogens (tertiary/aromatic N) is 1. The molecule has 1 saturated carbocycles. The van der Waals surface area contributed by atoms with Gasteiger partial charge in [0, 0.05) is 6.42 Å². The van der Waals surface area contributed by atoms with Crippen molar-refractivity contribution in [3.05, 3.63) is 34.9 Å². The molecule has 0 spiro atoms. The molecule has 2 aliphatic carbocycles. The van der Waals surface area contributed by atoms with Crippen molar-refractivity contribution in [2.45, 2.75) is 89.8 Å². The van der Waals surface area contributed by atoms with Gasteiger partial charge < -0.3 is 10.2 Å². The number of hydrogen-bond donors (Lipinski definition) is 2. The van der Waals surface area contributed by atoms with Gasteiger partial charge in [-0.05, 0) is 79.4 Å². The zero-order valence-electron chi connectivity index (χ0n) is 16.7. The highest BCUT2D eigenvalue weighted by molar-refractivity contribution is 5.39. The van der Waals surface area contributed by atoms with Gasteiger partial charge in [0.1, 0.15) is 0 Å². The molecule has 0 amide bonds. The highest BCUT2D eigenvalue weighted by Crippen LogP contribution is 2.47. The summed E-state index contributed by atoms with van der Waals surface area (Å²) in [6.07, 6.45) is 10.1. The molecular weight excluding hydrogens is 334 g/mol. The average molecular weight is 370 g/mol. The molecule has 0 radical (unpaired) electrons. The first kappa shape index (κ1) is 20.4. The van der Waals surface area contributed by atoms with Crippen LogP contribution in [-0.2, 0) is 19.3 Å². The quantitative estimate of drug-likeness (QED) is 0.626. The number of benzene rings is 1. The van der Waals surface area contributed by atoms with Crippen molar-refractivity contribution >= 4 is 0 Å². The van der Waals surface area contributed by atoms with E-state index in [1.165, 1.54) is 29.5 Å². The Morgan fingerprint density at radius 1 is 1.22 bits per heavy atom. The van der Waals surface area contributed by atoms with Crippen LogP contribution < -0.4 is 0 Å². The van der Waals surface area contributed by atoms with E-state index in [1.54, 1.807) is 0 Å². The Balaban J connectivity index is 1.62. The Morgan fingerprint density at radius 2 is 2.07 bits per heavy atom. The van der Waals surface area contributed by atoms with E-state index in [2.05, 4.69) is 31.2 Å². The Morgan fingerprint density at radius 3 is 2.85 bits per heavy atom. The largest absolute Gasteiger partial charge is 0.393 e. The summed E-state index contributed by atoms with van der Waals surface area (Å²) in [6, 6.07) is 8.81. The molecule has 0 unspecified atom stereocenters. The highest BCUT2D eigenvalue weighted by Gasteiger charge is 2.44. The molecular formula is C24H35NO2. The molecule has 1 aromatic carbocycles. The fourth-order valence-corrected chi connectivity index (χ4v) is 5.50. The van der Waals surface area contributed by atoms with Gasteiger partial charge in [0.05, 0.1) is 18.3 Å². The second kappa shape index (κ2) is 9.71. The van der Waals surface area contributed by atoms with Gasteiger partial charge in [-0.1, -0.05) is 44.4 Å². The zero-order chi connectivity index (χ0) is 19.2. The number of unbranched alkanes of at least 4 members (excludes halogenated alkanes) is 2. The molecule has 5 atom stereocenters. The van der Waals surface area contributed by atoms with Crippen molar-refractivity contribution < 1.29 is 10.2 Å². The molecule has 0 saturated heterocycles. The Kier molecular flexibility index (Phi) is 7.33. The smallest absolute Gasteiger partial charge is 0.0625 e. The van der Waals surface area contributed by atoms with Crippen LogP contribution in [0.3, 0.4) is 0 Å².